The summed E-state index contributed by atoms with van der Waals surface area (Å²) in [5, 5.41) is 16.2. The maximum atomic E-state index is 11.4. The number of ether oxygens (including phenoxy) is 1. The van der Waals surface area contributed by atoms with Crippen LogP contribution in [0.15, 0.2) is 59.6 Å². The van der Waals surface area contributed by atoms with Crippen molar-refractivity contribution in [3.05, 3.63) is 71.3 Å². The molecule has 0 fully saturated rings. The molecule has 28 heavy (non-hydrogen) atoms. The summed E-state index contributed by atoms with van der Waals surface area (Å²) < 4.78 is 4.70. The lowest BCUT2D eigenvalue weighted by Gasteiger charge is -2.18. The van der Waals surface area contributed by atoms with Gasteiger partial charge < -0.3 is 20.5 Å². The van der Waals surface area contributed by atoms with Crippen LogP contribution in [0.3, 0.4) is 0 Å². The monoisotopic (exact) mass is 497 g/mol. The molecule has 0 aliphatic rings. The summed E-state index contributed by atoms with van der Waals surface area (Å²) in [7, 11) is 3.09. The Morgan fingerprint density at radius 2 is 1.79 bits per heavy atom. The van der Waals surface area contributed by atoms with Crippen LogP contribution in [0, 0.1) is 0 Å². The van der Waals surface area contributed by atoms with Crippen molar-refractivity contribution in [1.82, 2.24) is 10.6 Å². The van der Waals surface area contributed by atoms with Gasteiger partial charge in [-0.3, -0.25) is 4.99 Å². The Labute approximate surface area is 183 Å². The minimum Gasteiger partial charge on any atom is -0.465 e. The standard InChI is InChI=1S/C21H27N3O3.HI/c1-22-21(24-14-19(15-25)17-6-4-3-5-7-17)23-13-12-16-8-10-18(11-9-16)20(26)27-2;/h3-11,19,25H,12-15H2,1-2H3,(H2,22,23,24);1H. The van der Waals surface area contributed by atoms with Crippen molar-refractivity contribution >= 4 is 35.9 Å². The first-order valence-corrected chi connectivity index (χ1v) is 8.95. The number of nitrogens with zero attached hydrogens (tertiary/aromatic N) is 1. The van der Waals surface area contributed by atoms with E-state index in [0.717, 1.165) is 17.5 Å². The molecule has 0 radical (unpaired) electrons. The topological polar surface area (TPSA) is 83.0 Å². The molecule has 6 nitrogen and oxygen atoms in total. The molecule has 0 bridgehead atoms. The number of nitrogens with one attached hydrogen (secondary N) is 2. The predicted octanol–water partition coefficient (Wildman–Crippen LogP) is 2.57. The number of benzene rings is 2. The summed E-state index contributed by atoms with van der Waals surface area (Å²) in [5.41, 5.74) is 2.75. The van der Waals surface area contributed by atoms with Crippen LogP contribution < -0.4 is 10.6 Å². The molecule has 0 amide bonds. The van der Waals surface area contributed by atoms with E-state index in [1.165, 1.54) is 7.11 Å². The Hall–Kier alpha value is -2.13. The Balaban J connectivity index is 0.00000392. The van der Waals surface area contributed by atoms with E-state index < -0.39 is 0 Å². The van der Waals surface area contributed by atoms with E-state index in [1.54, 1.807) is 19.2 Å². The summed E-state index contributed by atoms with van der Waals surface area (Å²) >= 11 is 0. The van der Waals surface area contributed by atoms with Gasteiger partial charge in [0.1, 0.15) is 0 Å². The number of esters is 1. The second-order valence-corrected chi connectivity index (χ2v) is 6.11. The maximum absolute atomic E-state index is 11.4. The predicted molar refractivity (Wildman–Crippen MR) is 123 cm³/mol. The number of carbonyl (C=O) groups excluding carboxylic acids is 1. The molecule has 0 saturated heterocycles. The number of hydrogen-bond acceptors (Lipinski definition) is 4. The van der Waals surface area contributed by atoms with Gasteiger partial charge >= 0.3 is 5.97 Å². The van der Waals surface area contributed by atoms with Crippen molar-refractivity contribution in [3.8, 4) is 0 Å². The van der Waals surface area contributed by atoms with E-state index in [4.69, 9.17) is 4.74 Å². The van der Waals surface area contributed by atoms with Gasteiger partial charge in [0.25, 0.3) is 0 Å². The third-order valence-corrected chi connectivity index (χ3v) is 4.31. The lowest BCUT2D eigenvalue weighted by Crippen LogP contribution is -2.40. The van der Waals surface area contributed by atoms with E-state index >= 15 is 0 Å². The summed E-state index contributed by atoms with van der Waals surface area (Å²) in [6.45, 7) is 1.36. The first-order valence-electron chi connectivity index (χ1n) is 8.95. The molecule has 1 atom stereocenters. The number of aliphatic hydroxyl groups excluding tert-OH is 1. The van der Waals surface area contributed by atoms with Crippen molar-refractivity contribution in [2.75, 3.05) is 33.9 Å². The highest BCUT2D eigenvalue weighted by Crippen LogP contribution is 2.13. The molecular formula is C21H28IN3O3. The van der Waals surface area contributed by atoms with Crippen molar-refractivity contribution in [3.63, 3.8) is 0 Å². The third kappa shape index (κ3) is 7.47. The number of rotatable bonds is 8. The number of guanidine groups is 1. The first kappa shape index (κ1) is 23.9. The zero-order chi connectivity index (χ0) is 19.5. The van der Waals surface area contributed by atoms with Gasteiger partial charge in [0, 0.05) is 26.1 Å². The zero-order valence-electron chi connectivity index (χ0n) is 16.2. The van der Waals surface area contributed by atoms with E-state index in [-0.39, 0.29) is 42.5 Å². The Morgan fingerprint density at radius 3 is 2.36 bits per heavy atom. The molecule has 1 unspecified atom stereocenters. The largest absolute Gasteiger partial charge is 0.465 e. The Morgan fingerprint density at radius 1 is 1.11 bits per heavy atom. The molecule has 2 aromatic carbocycles. The molecule has 0 spiro atoms. The van der Waals surface area contributed by atoms with Gasteiger partial charge in [-0.2, -0.15) is 0 Å². The third-order valence-electron chi connectivity index (χ3n) is 4.31. The van der Waals surface area contributed by atoms with Crippen molar-refractivity contribution in [2.24, 2.45) is 4.99 Å². The molecule has 0 heterocycles. The second kappa shape index (κ2) is 13.1. The lowest BCUT2D eigenvalue weighted by atomic mass is 10.0. The molecule has 0 aliphatic carbocycles. The molecule has 7 heteroatoms. The Bertz CT molecular complexity index is 736. The fourth-order valence-electron chi connectivity index (χ4n) is 2.70. The highest BCUT2D eigenvalue weighted by molar-refractivity contribution is 14.0. The molecule has 0 aliphatic heterocycles. The SMILES string of the molecule is CN=C(NCCc1ccc(C(=O)OC)cc1)NCC(CO)c1ccccc1.I. The van der Waals surface area contributed by atoms with Crippen LogP contribution in [0.4, 0.5) is 0 Å². The molecule has 2 rings (SSSR count). The van der Waals surface area contributed by atoms with E-state index in [2.05, 4.69) is 15.6 Å². The van der Waals surface area contributed by atoms with E-state index in [9.17, 15) is 9.90 Å². The minimum atomic E-state index is -0.332. The number of methoxy groups -OCH3 is 1. The highest BCUT2D eigenvalue weighted by atomic mass is 127. The molecule has 0 aromatic heterocycles. The second-order valence-electron chi connectivity index (χ2n) is 6.11. The summed E-state index contributed by atoms with van der Waals surface area (Å²) in [6.07, 6.45) is 0.796. The number of carbonyl (C=O) groups is 1. The fraction of sp³-hybridized carbons (Fsp3) is 0.333. The highest BCUT2D eigenvalue weighted by Gasteiger charge is 2.10. The number of aliphatic imine (C=N–C) groups is 1. The van der Waals surface area contributed by atoms with Crippen LogP contribution in [0.5, 0.6) is 0 Å². The first-order chi connectivity index (χ1) is 13.2. The molecule has 0 saturated carbocycles. The normalized spacial score (nSPS) is 11.9. The van der Waals surface area contributed by atoms with Gasteiger partial charge in [0.05, 0.1) is 19.3 Å². The smallest absolute Gasteiger partial charge is 0.337 e. The number of halogens is 1. The van der Waals surface area contributed by atoms with Crippen LogP contribution in [0.25, 0.3) is 0 Å². The molecule has 152 valence electrons. The van der Waals surface area contributed by atoms with Gasteiger partial charge in [-0.15, -0.1) is 24.0 Å². The number of aliphatic hydroxyl groups is 1. The Kier molecular flexibility index (Phi) is 11.2. The average molecular weight is 497 g/mol. The summed E-state index contributed by atoms with van der Waals surface area (Å²) in [6, 6.07) is 17.3. The quantitative estimate of drug-likeness (QED) is 0.226. The lowest BCUT2D eigenvalue weighted by molar-refractivity contribution is 0.0600. The van der Waals surface area contributed by atoms with E-state index in [1.807, 2.05) is 42.5 Å². The van der Waals surface area contributed by atoms with Gasteiger partial charge in [-0.25, -0.2) is 4.79 Å². The molecule has 2 aromatic rings. The molecule has 3 N–H and O–H groups in total. The van der Waals surface area contributed by atoms with Crippen LogP contribution in [0.1, 0.15) is 27.4 Å². The van der Waals surface area contributed by atoms with Gasteiger partial charge in [-0.05, 0) is 29.7 Å². The van der Waals surface area contributed by atoms with Crippen LogP contribution in [-0.4, -0.2) is 50.9 Å². The van der Waals surface area contributed by atoms with Crippen molar-refractivity contribution in [2.45, 2.75) is 12.3 Å². The van der Waals surface area contributed by atoms with Crippen LogP contribution in [-0.2, 0) is 11.2 Å². The zero-order valence-corrected chi connectivity index (χ0v) is 18.6. The number of hydrogen-bond donors (Lipinski definition) is 3. The maximum Gasteiger partial charge on any atom is 0.337 e. The summed E-state index contributed by atoms with van der Waals surface area (Å²) in [5.74, 6) is 0.368. The van der Waals surface area contributed by atoms with Crippen LogP contribution in [0.2, 0.25) is 0 Å². The average Bonchev–Trinajstić information content (AvgIpc) is 2.73. The molecular weight excluding hydrogens is 469 g/mol. The summed E-state index contributed by atoms with van der Waals surface area (Å²) in [4.78, 5) is 15.7. The van der Waals surface area contributed by atoms with Crippen molar-refractivity contribution in [1.29, 1.82) is 0 Å². The fourth-order valence-corrected chi connectivity index (χ4v) is 2.70. The van der Waals surface area contributed by atoms with Crippen LogP contribution >= 0.6 is 24.0 Å². The minimum absolute atomic E-state index is 0. The van der Waals surface area contributed by atoms with Gasteiger partial charge in [0.2, 0.25) is 0 Å². The van der Waals surface area contributed by atoms with E-state index in [0.29, 0.717) is 24.6 Å². The van der Waals surface area contributed by atoms with Gasteiger partial charge in [-0.1, -0.05) is 42.5 Å². The van der Waals surface area contributed by atoms with Crippen molar-refractivity contribution < 1.29 is 14.6 Å². The van der Waals surface area contributed by atoms with Gasteiger partial charge in [0.15, 0.2) is 5.96 Å².